The van der Waals surface area contributed by atoms with Gasteiger partial charge in [-0.1, -0.05) is 48.5 Å². The number of carboxylic acids is 1. The molecule has 1 fully saturated rings. The molecule has 7 nitrogen and oxygen atoms in total. The van der Waals surface area contributed by atoms with Crippen LogP contribution < -0.4 is 14.2 Å². The summed E-state index contributed by atoms with van der Waals surface area (Å²) in [5.74, 6) is -0.125. The Morgan fingerprint density at radius 2 is 1.64 bits per heavy atom. The number of rotatable bonds is 11. The van der Waals surface area contributed by atoms with Crippen LogP contribution in [0.4, 0.5) is 0 Å². The first kappa shape index (κ1) is 25.6. The maximum atomic E-state index is 13.9. The van der Waals surface area contributed by atoms with Gasteiger partial charge >= 0.3 is 5.97 Å². The van der Waals surface area contributed by atoms with Crippen molar-refractivity contribution in [3.05, 3.63) is 83.9 Å². The molecular weight excluding hydrogens is 480 g/mol. The lowest BCUT2D eigenvalue weighted by Gasteiger charge is -2.21. The smallest absolute Gasteiger partial charge is 0.305 e. The first-order valence-electron chi connectivity index (χ1n) is 11.9. The van der Waals surface area contributed by atoms with Crippen LogP contribution in [0.2, 0.25) is 0 Å². The zero-order chi connectivity index (χ0) is 25.5. The van der Waals surface area contributed by atoms with Crippen LogP contribution in [0.25, 0.3) is 0 Å². The van der Waals surface area contributed by atoms with Crippen molar-refractivity contribution in [3.63, 3.8) is 0 Å². The zero-order valence-corrected chi connectivity index (χ0v) is 20.9. The van der Waals surface area contributed by atoms with Crippen LogP contribution in [0.1, 0.15) is 48.5 Å². The second kappa shape index (κ2) is 11.5. The Kier molecular flexibility index (Phi) is 8.15. The molecule has 0 bridgehead atoms. The monoisotopic (exact) mass is 510 g/mol. The van der Waals surface area contributed by atoms with Crippen molar-refractivity contribution in [2.75, 3.05) is 7.11 Å². The lowest BCUT2D eigenvalue weighted by atomic mass is 10.1. The van der Waals surface area contributed by atoms with Crippen molar-refractivity contribution in [2.24, 2.45) is 0 Å². The Hall–Kier alpha value is -3.52. The van der Waals surface area contributed by atoms with Crippen LogP contribution in [0.3, 0.4) is 0 Å². The number of aliphatic carboxylic acids is 1. The van der Waals surface area contributed by atoms with E-state index in [4.69, 9.17) is 14.2 Å². The van der Waals surface area contributed by atoms with Gasteiger partial charge in [-0.2, -0.15) is 0 Å². The Morgan fingerprint density at radius 3 is 2.33 bits per heavy atom. The fourth-order valence-electron chi connectivity index (χ4n) is 4.43. The van der Waals surface area contributed by atoms with Crippen LogP contribution in [0, 0.1) is 0 Å². The van der Waals surface area contributed by atoms with Gasteiger partial charge in [0, 0.05) is 11.6 Å². The molecule has 1 atom stereocenters. The number of hydrogen-bond donors (Lipinski definition) is 1. The molecule has 0 amide bonds. The van der Waals surface area contributed by atoms with Crippen LogP contribution in [0.5, 0.6) is 17.2 Å². The molecule has 1 N–H and O–H groups in total. The molecule has 0 saturated heterocycles. The van der Waals surface area contributed by atoms with E-state index in [2.05, 4.69) is 0 Å². The third-order valence-corrected chi connectivity index (χ3v) is 8.38. The van der Waals surface area contributed by atoms with Gasteiger partial charge in [-0.3, -0.25) is 4.79 Å². The Bertz CT molecular complexity index is 1280. The van der Waals surface area contributed by atoms with Crippen molar-refractivity contribution < 1.29 is 32.5 Å². The fraction of sp³-hybridized carbons (Fsp3) is 0.321. The molecule has 3 aromatic rings. The molecule has 1 aliphatic rings. The van der Waals surface area contributed by atoms with E-state index in [1.54, 1.807) is 30.3 Å². The van der Waals surface area contributed by atoms with E-state index < -0.39 is 27.5 Å². The number of para-hydroxylation sites is 1. The molecule has 0 spiro atoms. The molecule has 1 saturated carbocycles. The average Bonchev–Trinajstić information content (AvgIpc) is 3.40. The minimum Gasteiger partial charge on any atom is -0.493 e. The van der Waals surface area contributed by atoms with Crippen molar-refractivity contribution in [2.45, 2.75) is 55.0 Å². The summed E-state index contributed by atoms with van der Waals surface area (Å²) in [6.07, 6.45) is 3.30. The second-order valence-electron chi connectivity index (χ2n) is 8.78. The molecule has 1 unspecified atom stereocenters. The SMILES string of the molecule is COc1ccc(S(=O)(=O)C(CC(=O)O)c2ccccc2OCc2ccccc2)cc1OC1CCCC1. The van der Waals surface area contributed by atoms with Crippen LogP contribution in [0.15, 0.2) is 77.7 Å². The first-order valence-corrected chi connectivity index (χ1v) is 13.5. The van der Waals surface area contributed by atoms with Gasteiger partial charge in [0.05, 0.1) is 24.5 Å². The number of sulfone groups is 1. The Labute approximate surface area is 211 Å². The topological polar surface area (TPSA) is 99.1 Å². The van der Waals surface area contributed by atoms with Crippen LogP contribution >= 0.6 is 0 Å². The predicted molar refractivity (Wildman–Crippen MR) is 135 cm³/mol. The second-order valence-corrected chi connectivity index (χ2v) is 10.9. The lowest BCUT2D eigenvalue weighted by Crippen LogP contribution is -2.19. The number of hydrogen-bond acceptors (Lipinski definition) is 6. The number of carbonyl (C=O) groups is 1. The summed E-state index contributed by atoms with van der Waals surface area (Å²) >= 11 is 0. The lowest BCUT2D eigenvalue weighted by molar-refractivity contribution is -0.137. The van der Waals surface area contributed by atoms with Gasteiger partial charge < -0.3 is 19.3 Å². The minimum absolute atomic E-state index is 0.00113. The van der Waals surface area contributed by atoms with E-state index >= 15 is 0 Å². The van der Waals surface area contributed by atoms with E-state index in [-0.39, 0.29) is 17.6 Å². The zero-order valence-electron chi connectivity index (χ0n) is 20.1. The van der Waals surface area contributed by atoms with Gasteiger partial charge in [-0.25, -0.2) is 8.42 Å². The van der Waals surface area contributed by atoms with Gasteiger partial charge in [0.25, 0.3) is 0 Å². The minimum atomic E-state index is -4.13. The molecule has 0 aromatic heterocycles. The van der Waals surface area contributed by atoms with Gasteiger partial charge in [0.2, 0.25) is 0 Å². The molecule has 3 aromatic carbocycles. The molecule has 8 heteroatoms. The van der Waals surface area contributed by atoms with Gasteiger partial charge in [0.15, 0.2) is 21.3 Å². The van der Waals surface area contributed by atoms with Crippen LogP contribution in [-0.2, 0) is 21.2 Å². The molecule has 1 aliphatic carbocycles. The molecule has 190 valence electrons. The highest BCUT2D eigenvalue weighted by Crippen LogP contribution is 2.40. The number of carboxylic acid groups (broad SMARTS) is 1. The number of benzene rings is 3. The molecule has 36 heavy (non-hydrogen) atoms. The van der Waals surface area contributed by atoms with E-state index in [1.807, 2.05) is 30.3 Å². The quantitative estimate of drug-likeness (QED) is 0.359. The first-order chi connectivity index (χ1) is 17.4. The van der Waals surface area contributed by atoms with E-state index in [0.717, 1.165) is 31.2 Å². The molecule has 0 radical (unpaired) electrons. The summed E-state index contributed by atoms with van der Waals surface area (Å²) in [6.45, 7) is 0.222. The van der Waals surface area contributed by atoms with Gasteiger partial charge in [-0.05, 0) is 49.4 Å². The van der Waals surface area contributed by atoms with Crippen LogP contribution in [-0.4, -0.2) is 32.7 Å². The Morgan fingerprint density at radius 1 is 0.944 bits per heavy atom. The van der Waals surface area contributed by atoms with Crippen molar-refractivity contribution >= 4 is 15.8 Å². The highest BCUT2D eigenvalue weighted by molar-refractivity contribution is 7.91. The highest BCUT2D eigenvalue weighted by Gasteiger charge is 2.34. The summed E-state index contributed by atoms with van der Waals surface area (Å²) < 4.78 is 45.2. The Balaban J connectivity index is 1.69. The molecule has 0 heterocycles. The van der Waals surface area contributed by atoms with Crippen molar-refractivity contribution in [1.82, 2.24) is 0 Å². The van der Waals surface area contributed by atoms with E-state index in [9.17, 15) is 18.3 Å². The third kappa shape index (κ3) is 5.99. The summed E-state index contributed by atoms with van der Waals surface area (Å²) in [7, 11) is -2.63. The fourth-order valence-corrected chi connectivity index (χ4v) is 6.18. The number of methoxy groups -OCH3 is 1. The normalized spacial score (nSPS) is 14.8. The summed E-state index contributed by atoms with van der Waals surface area (Å²) in [5, 5.41) is 8.28. The predicted octanol–water partition coefficient (Wildman–Crippen LogP) is 5.59. The molecule has 4 rings (SSSR count). The number of ether oxygens (including phenoxy) is 3. The van der Waals surface area contributed by atoms with Gasteiger partial charge in [0.1, 0.15) is 17.6 Å². The molecular formula is C28H30O7S. The molecule has 0 aliphatic heterocycles. The highest BCUT2D eigenvalue weighted by atomic mass is 32.2. The largest absolute Gasteiger partial charge is 0.493 e. The van der Waals surface area contributed by atoms with E-state index in [0.29, 0.717) is 22.8 Å². The summed E-state index contributed by atoms with van der Waals surface area (Å²) in [5.41, 5.74) is 1.21. The van der Waals surface area contributed by atoms with Crippen molar-refractivity contribution in [1.29, 1.82) is 0 Å². The summed E-state index contributed by atoms with van der Waals surface area (Å²) in [6, 6.07) is 20.6. The van der Waals surface area contributed by atoms with Crippen molar-refractivity contribution in [3.8, 4) is 17.2 Å². The van der Waals surface area contributed by atoms with Gasteiger partial charge in [-0.15, -0.1) is 0 Å². The summed E-state index contributed by atoms with van der Waals surface area (Å²) in [4.78, 5) is 11.8. The maximum Gasteiger partial charge on any atom is 0.305 e. The van der Waals surface area contributed by atoms with E-state index in [1.165, 1.54) is 19.2 Å². The maximum absolute atomic E-state index is 13.9. The third-order valence-electron chi connectivity index (χ3n) is 6.30. The standard InChI is InChI=1S/C28H30O7S/c1-33-25-16-15-22(17-26(25)35-21-11-5-6-12-21)36(31,32)27(18-28(29)30)23-13-7-8-14-24(23)34-19-20-9-3-2-4-10-20/h2-4,7-10,13-17,21,27H,5-6,11-12,18-19H2,1H3,(H,29,30). The average molecular weight is 511 g/mol.